The van der Waals surface area contributed by atoms with Gasteiger partial charge in [0, 0.05) is 11.6 Å². The first kappa shape index (κ1) is 19.6. The van der Waals surface area contributed by atoms with E-state index < -0.39 is 12.0 Å². The van der Waals surface area contributed by atoms with E-state index in [2.05, 4.69) is 54.6 Å². The highest BCUT2D eigenvalue weighted by Gasteiger charge is 2.39. The fraction of sp³-hybridized carbons (Fsp3) is 0.435. The lowest BCUT2D eigenvalue weighted by atomic mass is 9.74. The summed E-state index contributed by atoms with van der Waals surface area (Å²) in [6.45, 7) is 0. The first-order valence-electron chi connectivity index (χ1n) is 9.77. The monoisotopic (exact) mass is 366 g/mol. The van der Waals surface area contributed by atoms with Gasteiger partial charge in [-0.15, -0.1) is 0 Å². The Morgan fingerprint density at radius 2 is 1.63 bits per heavy atom. The largest absolute Gasteiger partial charge is 0.480 e. The smallest absolute Gasteiger partial charge is 0.321 e. The highest BCUT2D eigenvalue weighted by Crippen LogP contribution is 2.41. The van der Waals surface area contributed by atoms with E-state index >= 15 is 0 Å². The number of aliphatic carboxylic acids is 1. The maximum absolute atomic E-state index is 11.8. The van der Waals surface area contributed by atoms with E-state index in [1.165, 1.54) is 5.56 Å². The molecule has 2 aromatic rings. The van der Waals surface area contributed by atoms with Crippen LogP contribution in [0.15, 0.2) is 60.7 Å². The molecule has 1 saturated carbocycles. The van der Waals surface area contributed by atoms with Gasteiger partial charge in [0.2, 0.25) is 0 Å². The Bertz CT molecular complexity index is 723. The maximum atomic E-state index is 11.8. The summed E-state index contributed by atoms with van der Waals surface area (Å²) in [5.41, 5.74) is 2.45. The van der Waals surface area contributed by atoms with E-state index in [9.17, 15) is 9.90 Å². The summed E-state index contributed by atoms with van der Waals surface area (Å²) < 4.78 is 0. The summed E-state index contributed by atoms with van der Waals surface area (Å²) >= 11 is 0. The normalized spacial score (nSPS) is 23.9. The Balaban J connectivity index is 1.66. The van der Waals surface area contributed by atoms with E-state index in [0.29, 0.717) is 6.42 Å². The molecule has 144 valence electrons. The molecule has 1 aliphatic carbocycles. The Morgan fingerprint density at radius 3 is 2.15 bits per heavy atom. The zero-order chi connectivity index (χ0) is 19.3. The van der Waals surface area contributed by atoms with Gasteiger partial charge in [-0.25, -0.2) is 0 Å². The van der Waals surface area contributed by atoms with E-state index in [1.807, 2.05) is 30.3 Å². The average molecular weight is 367 g/mol. The molecule has 1 aliphatic rings. The van der Waals surface area contributed by atoms with Crippen molar-refractivity contribution in [2.24, 2.45) is 0 Å². The van der Waals surface area contributed by atoms with Crippen molar-refractivity contribution in [3.8, 4) is 0 Å². The molecule has 2 aromatic carbocycles. The summed E-state index contributed by atoms with van der Waals surface area (Å²) in [7, 11) is 4.30. The van der Waals surface area contributed by atoms with Crippen LogP contribution >= 0.6 is 0 Å². The van der Waals surface area contributed by atoms with Gasteiger partial charge >= 0.3 is 5.97 Å². The lowest BCUT2D eigenvalue weighted by Gasteiger charge is -2.46. The van der Waals surface area contributed by atoms with E-state index in [4.69, 9.17) is 0 Å². The molecule has 0 amide bonds. The molecule has 3 rings (SSSR count). The molecule has 0 saturated heterocycles. The van der Waals surface area contributed by atoms with Gasteiger partial charge in [-0.1, -0.05) is 60.7 Å². The third kappa shape index (κ3) is 4.57. The number of carboxylic acids is 1. The predicted molar refractivity (Wildman–Crippen MR) is 109 cm³/mol. The van der Waals surface area contributed by atoms with Crippen molar-refractivity contribution in [2.75, 3.05) is 14.1 Å². The third-order valence-electron chi connectivity index (χ3n) is 6.00. The van der Waals surface area contributed by atoms with Crippen molar-refractivity contribution in [2.45, 2.75) is 49.7 Å². The van der Waals surface area contributed by atoms with Crippen molar-refractivity contribution in [3.05, 3.63) is 71.8 Å². The number of hydrogen-bond acceptors (Lipinski definition) is 3. The minimum atomic E-state index is -0.772. The molecule has 2 N–H and O–H groups in total. The summed E-state index contributed by atoms with van der Waals surface area (Å²) in [5, 5.41) is 13.1. The molecule has 1 atom stereocenters. The van der Waals surface area contributed by atoms with Crippen molar-refractivity contribution in [1.29, 1.82) is 0 Å². The Hall–Kier alpha value is -2.17. The first-order chi connectivity index (χ1) is 13.0. The van der Waals surface area contributed by atoms with Gasteiger partial charge in [-0.2, -0.15) is 0 Å². The maximum Gasteiger partial charge on any atom is 0.321 e. The SMILES string of the molecule is CN(C)C1(c2ccccc2)CCC(N[C@@H](Cc2ccccc2)C(=O)O)CC1. The second-order valence-corrected chi connectivity index (χ2v) is 7.81. The van der Waals surface area contributed by atoms with Crippen LogP contribution < -0.4 is 5.32 Å². The van der Waals surface area contributed by atoms with Crippen LogP contribution in [0.1, 0.15) is 36.8 Å². The summed E-state index contributed by atoms with van der Waals surface area (Å²) in [5.74, 6) is -0.772. The molecular weight excluding hydrogens is 336 g/mol. The van der Waals surface area contributed by atoms with Gasteiger partial charge in [-0.05, 0) is 57.3 Å². The molecule has 0 aliphatic heterocycles. The third-order valence-corrected chi connectivity index (χ3v) is 6.00. The number of carboxylic acid groups (broad SMARTS) is 1. The molecule has 1 fully saturated rings. The van der Waals surface area contributed by atoms with Crippen LogP contribution in [0.4, 0.5) is 0 Å². The van der Waals surface area contributed by atoms with Gasteiger partial charge < -0.3 is 10.4 Å². The van der Waals surface area contributed by atoms with E-state index in [-0.39, 0.29) is 11.6 Å². The molecule has 0 aromatic heterocycles. The quantitative estimate of drug-likeness (QED) is 0.785. The summed E-state index contributed by atoms with van der Waals surface area (Å²) in [6.07, 6.45) is 4.53. The number of benzene rings is 2. The number of hydrogen-bond donors (Lipinski definition) is 2. The van der Waals surface area contributed by atoms with Crippen molar-refractivity contribution < 1.29 is 9.90 Å². The number of carbonyl (C=O) groups is 1. The van der Waals surface area contributed by atoms with Gasteiger partial charge in [0.25, 0.3) is 0 Å². The van der Waals surface area contributed by atoms with Crippen LogP contribution in [0.5, 0.6) is 0 Å². The number of nitrogens with one attached hydrogen (secondary N) is 1. The Kier molecular flexibility index (Phi) is 6.30. The molecular formula is C23H30N2O2. The molecule has 0 bridgehead atoms. The first-order valence-corrected chi connectivity index (χ1v) is 9.77. The zero-order valence-corrected chi connectivity index (χ0v) is 16.3. The summed E-state index contributed by atoms with van der Waals surface area (Å²) in [6, 6.07) is 20.2. The number of nitrogens with zero attached hydrogens (tertiary/aromatic N) is 1. The van der Waals surface area contributed by atoms with Crippen molar-refractivity contribution in [3.63, 3.8) is 0 Å². The van der Waals surface area contributed by atoms with E-state index in [1.54, 1.807) is 0 Å². The average Bonchev–Trinajstić information content (AvgIpc) is 2.69. The molecule has 27 heavy (non-hydrogen) atoms. The highest BCUT2D eigenvalue weighted by molar-refractivity contribution is 5.74. The molecule has 0 heterocycles. The van der Waals surface area contributed by atoms with Crippen LogP contribution in [0.25, 0.3) is 0 Å². The predicted octanol–water partition coefficient (Wildman–Crippen LogP) is 3.67. The Morgan fingerprint density at radius 1 is 1.07 bits per heavy atom. The molecule has 0 radical (unpaired) electrons. The molecule has 4 nitrogen and oxygen atoms in total. The molecule has 4 heteroatoms. The second kappa shape index (κ2) is 8.68. The van der Waals surface area contributed by atoms with Gasteiger partial charge in [0.15, 0.2) is 0 Å². The highest BCUT2D eigenvalue weighted by atomic mass is 16.4. The van der Waals surface area contributed by atoms with Crippen LogP contribution in [0.3, 0.4) is 0 Å². The lowest BCUT2D eigenvalue weighted by Crippen LogP contribution is -2.51. The molecule has 0 spiro atoms. The van der Waals surface area contributed by atoms with Gasteiger partial charge in [-0.3, -0.25) is 9.69 Å². The topological polar surface area (TPSA) is 52.6 Å². The van der Waals surface area contributed by atoms with Crippen molar-refractivity contribution >= 4 is 5.97 Å². The van der Waals surface area contributed by atoms with E-state index in [0.717, 1.165) is 31.2 Å². The van der Waals surface area contributed by atoms with Crippen LogP contribution in [-0.4, -0.2) is 42.2 Å². The standard InChI is InChI=1S/C23H30N2O2/c1-25(2)23(19-11-7-4-8-12-19)15-13-20(14-16-23)24-21(22(26)27)17-18-9-5-3-6-10-18/h3-12,20-21,24H,13-17H2,1-2H3,(H,26,27)/t20?,21-,23?/m0/s1. The van der Waals surface area contributed by atoms with Crippen LogP contribution in [-0.2, 0) is 16.8 Å². The zero-order valence-electron chi connectivity index (χ0n) is 16.3. The second-order valence-electron chi connectivity index (χ2n) is 7.81. The lowest BCUT2D eigenvalue weighted by molar-refractivity contribution is -0.139. The minimum Gasteiger partial charge on any atom is -0.480 e. The van der Waals surface area contributed by atoms with Crippen molar-refractivity contribution in [1.82, 2.24) is 10.2 Å². The molecule has 0 unspecified atom stereocenters. The van der Waals surface area contributed by atoms with Crippen LogP contribution in [0.2, 0.25) is 0 Å². The Labute approximate surface area is 162 Å². The van der Waals surface area contributed by atoms with Crippen LogP contribution in [0, 0.1) is 0 Å². The number of rotatable bonds is 7. The summed E-state index contributed by atoms with van der Waals surface area (Å²) in [4.78, 5) is 14.1. The fourth-order valence-corrected chi connectivity index (χ4v) is 4.36. The minimum absolute atomic E-state index is 0.0393. The fourth-order valence-electron chi connectivity index (χ4n) is 4.36. The van der Waals surface area contributed by atoms with Gasteiger partial charge in [0.05, 0.1) is 0 Å². The van der Waals surface area contributed by atoms with Gasteiger partial charge in [0.1, 0.15) is 6.04 Å².